The third-order valence-corrected chi connectivity index (χ3v) is 13.4. The first kappa shape index (κ1) is 47.7. The number of benzene rings is 2. The molecule has 2 atom stereocenters. The van der Waals surface area contributed by atoms with Crippen molar-refractivity contribution in [1.82, 2.24) is 9.80 Å². The summed E-state index contributed by atoms with van der Waals surface area (Å²) in [4.78, 5) is 25.9. The largest absolute Gasteiger partial charge is 0.444 e. The van der Waals surface area contributed by atoms with Gasteiger partial charge in [-0.1, -0.05) is 0 Å². The van der Waals surface area contributed by atoms with E-state index in [9.17, 15) is 57.2 Å². The third kappa shape index (κ3) is 12.4. The third-order valence-electron chi connectivity index (χ3n) is 9.26. The second-order valence-corrected chi connectivity index (χ2v) is 20.3. The first-order chi connectivity index (χ1) is 25.8. The summed E-state index contributed by atoms with van der Waals surface area (Å²) >= 11 is 0. The van der Waals surface area contributed by atoms with Crippen molar-refractivity contribution in [2.24, 2.45) is 11.8 Å². The predicted molar refractivity (Wildman–Crippen MR) is 193 cm³/mol. The molecular weight excluding hydrogens is 817 g/mol. The van der Waals surface area contributed by atoms with Crippen molar-refractivity contribution in [3.8, 4) is 0 Å². The van der Waals surface area contributed by atoms with Crippen molar-refractivity contribution >= 4 is 31.9 Å². The van der Waals surface area contributed by atoms with E-state index in [1.807, 2.05) is 0 Å². The van der Waals surface area contributed by atoms with E-state index in [2.05, 4.69) is 0 Å². The number of sulfone groups is 2. The van der Waals surface area contributed by atoms with Crippen LogP contribution in [0.3, 0.4) is 0 Å². The first-order valence-electron chi connectivity index (χ1n) is 17.9. The van der Waals surface area contributed by atoms with Crippen LogP contribution in [0.1, 0.15) is 85.3 Å². The van der Waals surface area contributed by atoms with Gasteiger partial charge in [-0.3, -0.25) is 0 Å². The number of piperidine rings is 2. The fourth-order valence-electron chi connectivity index (χ4n) is 6.06. The maximum atomic E-state index is 15.4. The highest BCUT2D eigenvalue weighted by Gasteiger charge is 2.49. The maximum absolute atomic E-state index is 15.4. The number of amides is 2. The molecule has 0 bridgehead atoms. The predicted octanol–water partition coefficient (Wildman–Crippen LogP) is 9.23. The second kappa shape index (κ2) is 17.3. The highest BCUT2D eigenvalue weighted by Crippen LogP contribution is 2.41. The molecule has 57 heavy (non-hydrogen) atoms. The number of carbonyl (C=O) groups excluding carboxylic acids is 2. The lowest BCUT2D eigenvalue weighted by molar-refractivity contribution is -0.138. The van der Waals surface area contributed by atoms with E-state index in [0.717, 1.165) is 31.2 Å². The Balaban J connectivity index is 0.000000306. The SMILES string of the molecule is CC(C)(C)OC(=O)N1CCC(C(C)(F)S(=O)(=O)c2ccc(C(F)(F)F)cc2)CC1.CC(C)(C)OC(=O)N1CCC(C(F)S(=O)(=O)c2ccc(C(F)(F)F)cc2)CC1. The highest BCUT2D eigenvalue weighted by atomic mass is 32.2. The summed E-state index contributed by atoms with van der Waals surface area (Å²) in [6, 6.07) is 5.54. The Hall–Kier alpha value is -3.68. The van der Waals surface area contributed by atoms with Crippen LogP contribution < -0.4 is 0 Å². The highest BCUT2D eigenvalue weighted by molar-refractivity contribution is 7.92. The number of alkyl halides is 8. The van der Waals surface area contributed by atoms with Crippen LogP contribution in [0.4, 0.5) is 44.7 Å². The smallest absolute Gasteiger partial charge is 0.416 e. The quantitative estimate of drug-likeness (QED) is 0.263. The first-order valence-corrected chi connectivity index (χ1v) is 20.9. The van der Waals surface area contributed by atoms with Gasteiger partial charge >= 0.3 is 24.5 Å². The summed E-state index contributed by atoms with van der Waals surface area (Å²) < 4.78 is 167. The molecule has 0 aromatic heterocycles. The van der Waals surface area contributed by atoms with Crippen molar-refractivity contribution in [3.05, 3.63) is 59.7 Å². The van der Waals surface area contributed by atoms with Gasteiger partial charge in [0.05, 0.1) is 20.9 Å². The number of ether oxygens (including phenoxy) is 2. The molecule has 0 N–H and O–H groups in total. The van der Waals surface area contributed by atoms with Crippen LogP contribution in [0.5, 0.6) is 0 Å². The van der Waals surface area contributed by atoms with Crippen LogP contribution in [0.2, 0.25) is 0 Å². The Morgan fingerprint density at radius 2 is 0.930 bits per heavy atom. The van der Waals surface area contributed by atoms with Crippen molar-refractivity contribution in [2.75, 3.05) is 26.2 Å². The van der Waals surface area contributed by atoms with Gasteiger partial charge in [-0.2, -0.15) is 26.3 Å². The Morgan fingerprint density at radius 3 is 1.26 bits per heavy atom. The number of hydrogen-bond acceptors (Lipinski definition) is 8. The number of nitrogens with zero attached hydrogens (tertiary/aromatic N) is 2. The molecule has 20 heteroatoms. The number of hydrogen-bond donors (Lipinski definition) is 0. The van der Waals surface area contributed by atoms with E-state index in [1.165, 1.54) is 9.80 Å². The van der Waals surface area contributed by atoms with Crippen molar-refractivity contribution in [1.29, 1.82) is 0 Å². The fraction of sp³-hybridized carbons (Fsp3) is 0.622. The molecule has 10 nitrogen and oxygen atoms in total. The summed E-state index contributed by atoms with van der Waals surface area (Å²) in [6.07, 6.45) is -9.92. The van der Waals surface area contributed by atoms with Crippen molar-refractivity contribution in [3.63, 3.8) is 0 Å². The molecule has 0 aliphatic carbocycles. The lowest BCUT2D eigenvalue weighted by Crippen LogP contribution is -2.48. The molecular formula is C37H48F8N2O8S2. The molecule has 0 spiro atoms. The zero-order valence-corrected chi connectivity index (χ0v) is 34.1. The number of carbonyl (C=O) groups is 2. The van der Waals surface area contributed by atoms with Crippen LogP contribution >= 0.6 is 0 Å². The van der Waals surface area contributed by atoms with Gasteiger partial charge in [0.25, 0.3) is 0 Å². The van der Waals surface area contributed by atoms with E-state index in [1.54, 1.807) is 41.5 Å². The minimum absolute atomic E-state index is 0.0894. The number of halogens is 8. The average molecular weight is 865 g/mol. The molecule has 2 heterocycles. The van der Waals surface area contributed by atoms with Gasteiger partial charge in [-0.15, -0.1) is 0 Å². The monoisotopic (exact) mass is 864 g/mol. The molecule has 2 saturated heterocycles. The van der Waals surface area contributed by atoms with Crippen LogP contribution in [0, 0.1) is 11.8 Å². The van der Waals surface area contributed by atoms with Gasteiger partial charge < -0.3 is 19.3 Å². The molecule has 2 aliphatic heterocycles. The molecule has 2 aliphatic rings. The van der Waals surface area contributed by atoms with Crippen molar-refractivity contribution < 1.29 is 71.0 Å². The average Bonchev–Trinajstić information content (AvgIpc) is 3.09. The molecule has 2 aromatic carbocycles. The summed E-state index contributed by atoms with van der Waals surface area (Å²) in [5, 5.41) is -2.69. The second-order valence-electron chi connectivity index (χ2n) is 16.0. The van der Waals surface area contributed by atoms with Gasteiger partial charge in [0, 0.05) is 38.0 Å². The molecule has 2 fully saturated rings. The van der Waals surface area contributed by atoms with E-state index in [-0.39, 0.29) is 51.9 Å². The van der Waals surface area contributed by atoms with Gasteiger partial charge in [0.2, 0.25) is 30.2 Å². The minimum Gasteiger partial charge on any atom is -0.444 e. The lowest BCUT2D eigenvalue weighted by Gasteiger charge is -2.38. The van der Waals surface area contributed by atoms with E-state index in [0.29, 0.717) is 24.3 Å². The van der Waals surface area contributed by atoms with Gasteiger partial charge in [-0.05, 0) is 123 Å². The Bertz CT molecular complexity index is 1910. The van der Waals surface area contributed by atoms with Crippen LogP contribution in [0.15, 0.2) is 58.3 Å². The van der Waals surface area contributed by atoms with Crippen LogP contribution in [0.25, 0.3) is 0 Å². The molecule has 0 saturated carbocycles. The van der Waals surface area contributed by atoms with Crippen LogP contribution in [-0.2, 0) is 41.5 Å². The summed E-state index contributed by atoms with van der Waals surface area (Å²) in [5.41, 5.74) is -5.64. The van der Waals surface area contributed by atoms with E-state index in [4.69, 9.17) is 9.47 Å². The minimum atomic E-state index is -4.62. The topological polar surface area (TPSA) is 127 Å². The Labute approximate surface area is 327 Å². The van der Waals surface area contributed by atoms with Gasteiger partial charge in [0.15, 0.2) is 0 Å². The molecule has 0 radical (unpaired) electrons. The lowest BCUT2D eigenvalue weighted by atomic mass is 9.92. The maximum Gasteiger partial charge on any atom is 0.416 e. The summed E-state index contributed by atoms with van der Waals surface area (Å²) in [7, 11) is -8.97. The molecule has 322 valence electrons. The van der Waals surface area contributed by atoms with Crippen LogP contribution in [-0.4, -0.2) is 86.7 Å². The van der Waals surface area contributed by atoms with Gasteiger partial charge in [-0.25, -0.2) is 35.2 Å². The summed E-state index contributed by atoms with van der Waals surface area (Å²) in [6.45, 7) is 11.7. The van der Waals surface area contributed by atoms with E-state index < -0.39 is 98.7 Å². The zero-order chi connectivity index (χ0) is 43.6. The zero-order valence-electron chi connectivity index (χ0n) is 32.5. The molecule has 2 amide bonds. The standard InChI is InChI=1S/C19H25F4NO4S.C18H23F4NO4S/c1-17(2,3)28-16(25)24-11-9-13(10-12-24)18(4,20)29(26,27)15-7-5-14(6-8-15)19(21,22)23;1-17(2,3)27-16(24)23-10-8-12(9-11-23)15(19)28(25,26)14-6-4-13(5-7-14)18(20,21)22/h5-8,13H,9-12H2,1-4H3;4-7,12,15H,8-11H2,1-3H3. The van der Waals surface area contributed by atoms with Crippen molar-refractivity contribution in [2.45, 2.75) is 118 Å². The normalized spacial score (nSPS) is 18.5. The molecule has 4 rings (SSSR count). The number of rotatable bonds is 6. The molecule has 2 aromatic rings. The summed E-state index contributed by atoms with van der Waals surface area (Å²) in [5.74, 6) is -1.76. The molecule has 2 unspecified atom stereocenters. The Morgan fingerprint density at radius 1 is 0.596 bits per heavy atom. The number of likely N-dealkylation sites (tertiary alicyclic amines) is 2. The Kier molecular flexibility index (Phi) is 14.5. The van der Waals surface area contributed by atoms with Gasteiger partial charge in [0.1, 0.15) is 11.2 Å². The fourth-order valence-corrected chi connectivity index (χ4v) is 9.25. The van der Waals surface area contributed by atoms with E-state index >= 15 is 4.39 Å².